The van der Waals surface area contributed by atoms with Crippen molar-refractivity contribution in [3.63, 3.8) is 0 Å². The first-order chi connectivity index (χ1) is 17.3. The number of imidazole rings is 1. The largest absolute Gasteiger partial charge is 0.416 e. The van der Waals surface area contributed by atoms with Crippen LogP contribution in [-0.4, -0.2) is 60.0 Å². The second-order valence-electron chi connectivity index (χ2n) is 9.80. The summed E-state index contributed by atoms with van der Waals surface area (Å²) in [5.41, 5.74) is 3.00. The number of nitrogens with one attached hydrogen (secondary N) is 1. The van der Waals surface area contributed by atoms with Gasteiger partial charge in [0, 0.05) is 19.3 Å². The van der Waals surface area contributed by atoms with Crippen molar-refractivity contribution in [1.82, 2.24) is 34.6 Å². The predicted molar refractivity (Wildman–Crippen MR) is 132 cm³/mol. The average Bonchev–Trinajstić information content (AvgIpc) is 3.18. The summed E-state index contributed by atoms with van der Waals surface area (Å²) in [4.78, 5) is 14.3. The summed E-state index contributed by atoms with van der Waals surface area (Å²) in [7, 11) is 1.95. The highest BCUT2D eigenvalue weighted by Crippen LogP contribution is 2.64. The van der Waals surface area contributed by atoms with E-state index in [1.807, 2.05) is 23.7 Å². The molecule has 1 aromatic carbocycles. The molecule has 188 valence electrons. The summed E-state index contributed by atoms with van der Waals surface area (Å²) in [6.07, 6.45) is 0.570. The minimum Gasteiger partial charge on any atom is -0.343 e. The highest BCUT2D eigenvalue weighted by atomic mass is 32.2. The number of nitrogens with zero attached hydrogens (tertiary/aromatic N) is 6. The van der Waals surface area contributed by atoms with Gasteiger partial charge in [-0.2, -0.15) is 13.2 Å². The fourth-order valence-corrected chi connectivity index (χ4v) is 6.25. The molecule has 1 aliphatic carbocycles. The molecule has 4 heterocycles. The number of alkyl halides is 3. The van der Waals surface area contributed by atoms with Crippen LogP contribution in [0, 0.1) is 5.41 Å². The van der Waals surface area contributed by atoms with Crippen molar-refractivity contribution < 1.29 is 13.2 Å². The summed E-state index contributed by atoms with van der Waals surface area (Å²) in [6, 6.07) is 9.62. The van der Waals surface area contributed by atoms with Gasteiger partial charge < -0.3 is 14.5 Å². The lowest BCUT2D eigenvalue weighted by Gasteiger charge is -2.16. The number of benzene rings is 1. The minimum absolute atomic E-state index is 0.244. The van der Waals surface area contributed by atoms with Gasteiger partial charge in [-0.05, 0) is 73.5 Å². The summed E-state index contributed by atoms with van der Waals surface area (Å²) in [5, 5.41) is 9.54. The van der Waals surface area contributed by atoms with Crippen molar-refractivity contribution in [1.29, 1.82) is 0 Å². The number of likely N-dealkylation sites (tertiary alicyclic amines) is 1. The van der Waals surface area contributed by atoms with Crippen molar-refractivity contribution >= 4 is 22.9 Å². The van der Waals surface area contributed by atoms with Gasteiger partial charge in [0.25, 0.3) is 0 Å². The Bertz CT molecular complexity index is 1380. The highest BCUT2D eigenvalue weighted by molar-refractivity contribution is 7.99. The predicted octanol–water partition coefficient (Wildman–Crippen LogP) is 5.13. The van der Waals surface area contributed by atoms with E-state index in [2.05, 4.69) is 30.0 Å². The van der Waals surface area contributed by atoms with Crippen molar-refractivity contribution in [2.75, 3.05) is 25.4 Å². The van der Waals surface area contributed by atoms with E-state index in [9.17, 15) is 13.2 Å². The van der Waals surface area contributed by atoms with Gasteiger partial charge >= 0.3 is 6.18 Å². The van der Waals surface area contributed by atoms with E-state index in [1.165, 1.54) is 12.1 Å². The van der Waals surface area contributed by atoms with Gasteiger partial charge in [-0.1, -0.05) is 23.9 Å². The Balaban J connectivity index is 0.990. The van der Waals surface area contributed by atoms with Gasteiger partial charge in [-0.15, -0.1) is 10.2 Å². The van der Waals surface area contributed by atoms with Crippen molar-refractivity contribution in [3.8, 4) is 11.5 Å². The molecule has 1 saturated carbocycles. The summed E-state index contributed by atoms with van der Waals surface area (Å²) in [5.74, 6) is 2.03. The SMILES string of the molecule is Cn1c(SCCCN2CCC3(CC3c3ccc(C(F)(F)F)cc3)C2)nnc1-c1ccc2[nH]cnc2n1. The first-order valence-electron chi connectivity index (χ1n) is 12.0. The fourth-order valence-electron chi connectivity index (χ4n) is 5.41. The molecule has 3 aromatic heterocycles. The Morgan fingerprint density at radius 2 is 1.97 bits per heavy atom. The number of hydrogen-bond acceptors (Lipinski definition) is 6. The second kappa shape index (κ2) is 8.88. The molecule has 36 heavy (non-hydrogen) atoms. The minimum atomic E-state index is -4.28. The third-order valence-electron chi connectivity index (χ3n) is 7.49. The maximum Gasteiger partial charge on any atom is 0.416 e. The van der Waals surface area contributed by atoms with Crippen LogP contribution in [0.2, 0.25) is 0 Å². The quantitative estimate of drug-likeness (QED) is 0.273. The van der Waals surface area contributed by atoms with Crippen LogP contribution in [0.5, 0.6) is 0 Å². The summed E-state index contributed by atoms with van der Waals surface area (Å²) >= 11 is 1.69. The third-order valence-corrected chi connectivity index (χ3v) is 8.60. The number of fused-ring (bicyclic) bond motifs is 1. The van der Waals surface area contributed by atoms with Crippen LogP contribution in [0.15, 0.2) is 47.9 Å². The molecule has 1 saturated heterocycles. The van der Waals surface area contributed by atoms with Crippen LogP contribution in [0.4, 0.5) is 13.2 Å². The number of hydrogen-bond donors (Lipinski definition) is 1. The van der Waals surface area contributed by atoms with Crippen LogP contribution < -0.4 is 0 Å². The molecule has 0 bridgehead atoms. The molecule has 4 aromatic rings. The Morgan fingerprint density at radius 3 is 2.78 bits per heavy atom. The van der Waals surface area contributed by atoms with Crippen LogP contribution in [0.1, 0.15) is 36.3 Å². The Morgan fingerprint density at radius 1 is 1.14 bits per heavy atom. The molecule has 2 aliphatic rings. The summed E-state index contributed by atoms with van der Waals surface area (Å²) < 4.78 is 40.5. The molecule has 1 spiro atoms. The van der Waals surface area contributed by atoms with E-state index in [-0.39, 0.29) is 5.41 Å². The maximum absolute atomic E-state index is 12.9. The molecule has 0 radical (unpaired) electrons. The molecule has 2 fully saturated rings. The van der Waals surface area contributed by atoms with Crippen LogP contribution in [0.25, 0.3) is 22.7 Å². The van der Waals surface area contributed by atoms with Gasteiger partial charge in [0.15, 0.2) is 16.6 Å². The number of thioether (sulfide) groups is 1. The lowest BCUT2D eigenvalue weighted by molar-refractivity contribution is -0.137. The van der Waals surface area contributed by atoms with Gasteiger partial charge in [0.05, 0.1) is 17.4 Å². The molecule has 1 N–H and O–H groups in total. The van der Waals surface area contributed by atoms with E-state index in [0.29, 0.717) is 17.4 Å². The Labute approximate surface area is 210 Å². The number of pyridine rings is 1. The van der Waals surface area contributed by atoms with E-state index in [0.717, 1.165) is 66.6 Å². The molecule has 11 heteroatoms. The fraction of sp³-hybridized carbons (Fsp3) is 0.440. The summed E-state index contributed by atoms with van der Waals surface area (Å²) in [6.45, 7) is 3.09. The Hall–Kier alpha value is -2.92. The van der Waals surface area contributed by atoms with E-state index < -0.39 is 11.7 Å². The number of halogens is 3. The van der Waals surface area contributed by atoms with Crippen molar-refractivity contribution in [2.24, 2.45) is 12.5 Å². The zero-order valence-electron chi connectivity index (χ0n) is 19.8. The lowest BCUT2D eigenvalue weighted by Crippen LogP contribution is -2.23. The molecule has 7 nitrogen and oxygen atoms in total. The van der Waals surface area contributed by atoms with Gasteiger partial charge in [-0.25, -0.2) is 9.97 Å². The molecule has 1 aliphatic heterocycles. The van der Waals surface area contributed by atoms with Crippen LogP contribution in [-0.2, 0) is 13.2 Å². The van der Waals surface area contributed by atoms with E-state index in [4.69, 9.17) is 0 Å². The van der Waals surface area contributed by atoms with E-state index in [1.54, 1.807) is 30.2 Å². The van der Waals surface area contributed by atoms with Gasteiger partial charge in [-0.3, -0.25) is 0 Å². The third kappa shape index (κ3) is 4.39. The number of aromatic nitrogens is 6. The smallest absolute Gasteiger partial charge is 0.343 e. The molecule has 0 amide bonds. The van der Waals surface area contributed by atoms with Gasteiger partial charge in [0.1, 0.15) is 5.69 Å². The monoisotopic (exact) mass is 513 g/mol. The van der Waals surface area contributed by atoms with Gasteiger partial charge in [0.2, 0.25) is 0 Å². The lowest BCUT2D eigenvalue weighted by atomic mass is 9.97. The number of aromatic amines is 1. The van der Waals surface area contributed by atoms with E-state index >= 15 is 0 Å². The standard InChI is InChI=1S/C25H26F3N7S/c1-34-22(20-8-7-19-21(31-20)30-15-29-19)32-33-23(34)36-12-2-10-35-11-9-24(14-35)13-18(24)16-3-5-17(6-4-16)25(26,27)28/h3-8,15,18H,2,9-14H2,1H3,(H,29,30,31). The maximum atomic E-state index is 12.9. The van der Waals surface area contributed by atoms with Crippen LogP contribution >= 0.6 is 11.8 Å². The normalized spacial score (nSPS) is 22.2. The average molecular weight is 514 g/mol. The molecule has 2 unspecified atom stereocenters. The second-order valence-corrected chi connectivity index (χ2v) is 10.9. The molecular formula is C25H26F3N7S. The Kier molecular flexibility index (Phi) is 5.79. The zero-order chi connectivity index (χ0) is 24.9. The molecule has 6 rings (SSSR count). The van der Waals surface area contributed by atoms with Crippen molar-refractivity contribution in [2.45, 2.75) is 36.5 Å². The first kappa shape index (κ1) is 23.5. The molecular weight excluding hydrogens is 487 g/mol. The topological polar surface area (TPSA) is 75.5 Å². The first-order valence-corrected chi connectivity index (χ1v) is 13.0. The highest BCUT2D eigenvalue weighted by Gasteiger charge is 2.57. The molecule has 2 atom stereocenters. The zero-order valence-corrected chi connectivity index (χ0v) is 20.6. The number of rotatable bonds is 7. The number of H-pyrrole nitrogens is 1. The van der Waals surface area contributed by atoms with Crippen LogP contribution in [0.3, 0.4) is 0 Å². The van der Waals surface area contributed by atoms with Crippen molar-refractivity contribution in [3.05, 3.63) is 53.9 Å².